The molecule has 21 heavy (non-hydrogen) atoms. The lowest BCUT2D eigenvalue weighted by Crippen LogP contribution is -2.29. The number of anilines is 1. The van der Waals surface area contributed by atoms with Gasteiger partial charge in [0, 0.05) is 24.8 Å². The van der Waals surface area contributed by atoms with Gasteiger partial charge in [-0.05, 0) is 19.1 Å². The van der Waals surface area contributed by atoms with Crippen molar-refractivity contribution in [1.82, 2.24) is 15.5 Å². The lowest BCUT2D eigenvalue weighted by atomic mass is 10.2. The largest absolute Gasteiger partial charge is 0.378 e. The first-order chi connectivity index (χ1) is 10.1. The molecule has 2 rings (SSSR count). The summed E-state index contributed by atoms with van der Waals surface area (Å²) < 4.78 is 0. The second kappa shape index (κ2) is 6.51. The van der Waals surface area contributed by atoms with E-state index in [1.54, 1.807) is 31.2 Å². The zero-order valence-electron chi connectivity index (χ0n) is 11.4. The normalized spacial score (nSPS) is 10.1. The molecule has 1 aromatic carbocycles. The highest BCUT2D eigenvalue weighted by Crippen LogP contribution is 2.22. The second-order valence-electron chi connectivity index (χ2n) is 4.39. The first kappa shape index (κ1) is 14.5. The Morgan fingerprint density at radius 3 is 2.81 bits per heavy atom. The van der Waals surface area contributed by atoms with Crippen molar-refractivity contribution < 1.29 is 9.72 Å². The van der Waals surface area contributed by atoms with Crippen molar-refractivity contribution in [2.75, 3.05) is 18.4 Å². The number of nitrogens with zero attached hydrogens (tertiary/aromatic N) is 2. The minimum Gasteiger partial charge on any atom is -0.378 e. The Hall–Kier alpha value is -2.90. The van der Waals surface area contributed by atoms with Crippen molar-refractivity contribution in [2.24, 2.45) is 0 Å². The molecule has 0 saturated heterocycles. The number of hydrogen-bond acceptors (Lipinski definition) is 5. The molecule has 3 N–H and O–H groups in total. The average molecular weight is 289 g/mol. The lowest BCUT2D eigenvalue weighted by molar-refractivity contribution is -0.384. The van der Waals surface area contributed by atoms with Crippen LogP contribution in [0, 0.1) is 17.0 Å². The van der Waals surface area contributed by atoms with Gasteiger partial charge in [-0.2, -0.15) is 5.10 Å². The summed E-state index contributed by atoms with van der Waals surface area (Å²) in [6.45, 7) is 2.51. The van der Waals surface area contributed by atoms with Gasteiger partial charge >= 0.3 is 0 Å². The van der Waals surface area contributed by atoms with Crippen molar-refractivity contribution in [3.63, 3.8) is 0 Å². The van der Waals surface area contributed by atoms with E-state index in [0.29, 0.717) is 24.5 Å². The number of nitro benzene ring substituents is 1. The van der Waals surface area contributed by atoms with Crippen LogP contribution in [0.4, 0.5) is 11.4 Å². The fourth-order valence-corrected chi connectivity index (χ4v) is 1.78. The Balaban J connectivity index is 1.83. The fourth-order valence-electron chi connectivity index (χ4n) is 1.78. The summed E-state index contributed by atoms with van der Waals surface area (Å²) in [6.07, 6.45) is 0. The molecule has 1 amide bonds. The van der Waals surface area contributed by atoms with Crippen LogP contribution in [0.1, 0.15) is 16.2 Å². The minimum absolute atomic E-state index is 0.00625. The number of nitrogens with one attached hydrogen (secondary N) is 3. The Morgan fingerprint density at radius 1 is 1.38 bits per heavy atom. The van der Waals surface area contributed by atoms with E-state index in [0.717, 1.165) is 5.69 Å². The summed E-state index contributed by atoms with van der Waals surface area (Å²) in [4.78, 5) is 22.1. The third-order valence-corrected chi connectivity index (χ3v) is 2.77. The van der Waals surface area contributed by atoms with Crippen LogP contribution in [0.2, 0.25) is 0 Å². The van der Waals surface area contributed by atoms with E-state index in [-0.39, 0.29) is 11.6 Å². The number of aryl methyl sites for hydroxylation is 1. The summed E-state index contributed by atoms with van der Waals surface area (Å²) in [5, 5.41) is 23.0. The third kappa shape index (κ3) is 3.78. The molecular weight excluding hydrogens is 274 g/mol. The third-order valence-electron chi connectivity index (χ3n) is 2.77. The van der Waals surface area contributed by atoms with Gasteiger partial charge in [-0.15, -0.1) is 0 Å². The SMILES string of the molecule is Cc1cc(C(=O)NCCNc2ccccc2[N+](=O)[O-])n[nH]1. The maximum absolute atomic E-state index is 11.7. The number of para-hydroxylation sites is 2. The van der Waals surface area contributed by atoms with E-state index < -0.39 is 4.92 Å². The molecule has 2 aromatic rings. The Labute approximate surface area is 120 Å². The van der Waals surface area contributed by atoms with Gasteiger partial charge in [-0.25, -0.2) is 0 Å². The molecule has 0 atom stereocenters. The molecule has 1 aromatic heterocycles. The summed E-state index contributed by atoms with van der Waals surface area (Å²) in [5.41, 5.74) is 1.55. The molecule has 8 heteroatoms. The Morgan fingerprint density at radius 2 is 2.14 bits per heavy atom. The van der Waals surface area contributed by atoms with Crippen LogP contribution in [0.15, 0.2) is 30.3 Å². The highest BCUT2D eigenvalue weighted by atomic mass is 16.6. The summed E-state index contributed by atoms with van der Waals surface area (Å²) in [7, 11) is 0. The first-order valence-electron chi connectivity index (χ1n) is 6.35. The predicted octanol–water partition coefficient (Wildman–Crippen LogP) is 1.47. The fraction of sp³-hybridized carbons (Fsp3) is 0.231. The molecule has 0 aliphatic heterocycles. The molecule has 8 nitrogen and oxygen atoms in total. The van der Waals surface area contributed by atoms with Gasteiger partial charge in [-0.3, -0.25) is 20.0 Å². The first-order valence-corrected chi connectivity index (χ1v) is 6.35. The molecule has 0 spiro atoms. The Bertz CT molecular complexity index is 653. The van der Waals surface area contributed by atoms with Gasteiger partial charge in [-0.1, -0.05) is 12.1 Å². The molecule has 0 aliphatic carbocycles. The van der Waals surface area contributed by atoms with E-state index in [1.807, 2.05) is 0 Å². The maximum atomic E-state index is 11.7. The summed E-state index contributed by atoms with van der Waals surface area (Å²) >= 11 is 0. The number of nitro groups is 1. The van der Waals surface area contributed by atoms with Crippen LogP contribution >= 0.6 is 0 Å². The number of H-pyrrole nitrogens is 1. The zero-order valence-corrected chi connectivity index (χ0v) is 11.4. The zero-order chi connectivity index (χ0) is 15.2. The van der Waals surface area contributed by atoms with Crippen molar-refractivity contribution in [3.05, 3.63) is 51.8 Å². The quantitative estimate of drug-likeness (QED) is 0.423. The van der Waals surface area contributed by atoms with Crippen LogP contribution in [0.3, 0.4) is 0 Å². The molecule has 110 valence electrons. The number of hydrogen-bond donors (Lipinski definition) is 3. The molecule has 0 aliphatic rings. The van der Waals surface area contributed by atoms with E-state index in [4.69, 9.17) is 0 Å². The minimum atomic E-state index is -0.451. The highest BCUT2D eigenvalue weighted by Gasteiger charge is 2.12. The van der Waals surface area contributed by atoms with Crippen LogP contribution in [-0.4, -0.2) is 34.1 Å². The monoisotopic (exact) mass is 289 g/mol. The molecule has 0 saturated carbocycles. The number of aromatic nitrogens is 2. The van der Waals surface area contributed by atoms with Gasteiger partial charge in [0.25, 0.3) is 11.6 Å². The standard InChI is InChI=1S/C13H15N5O3/c1-9-8-11(17-16-9)13(19)15-7-6-14-10-4-2-3-5-12(10)18(20)21/h2-5,8,14H,6-7H2,1H3,(H,15,19)(H,16,17). The van der Waals surface area contributed by atoms with Gasteiger partial charge < -0.3 is 10.6 Å². The molecule has 0 fully saturated rings. The number of carbonyl (C=O) groups excluding carboxylic acids is 1. The topological polar surface area (TPSA) is 113 Å². The summed E-state index contributed by atoms with van der Waals surface area (Å²) in [5.74, 6) is -0.288. The number of aromatic amines is 1. The molecule has 0 bridgehead atoms. The van der Waals surface area contributed by atoms with Crippen LogP contribution in [0.5, 0.6) is 0 Å². The number of benzene rings is 1. The van der Waals surface area contributed by atoms with Gasteiger partial charge in [0.15, 0.2) is 0 Å². The van der Waals surface area contributed by atoms with E-state index >= 15 is 0 Å². The predicted molar refractivity (Wildman–Crippen MR) is 77.2 cm³/mol. The number of carbonyl (C=O) groups is 1. The smallest absolute Gasteiger partial charge is 0.292 e. The average Bonchev–Trinajstić information content (AvgIpc) is 2.90. The Kier molecular flexibility index (Phi) is 4.50. The van der Waals surface area contributed by atoms with Crippen LogP contribution in [-0.2, 0) is 0 Å². The molecular formula is C13H15N5O3. The second-order valence-corrected chi connectivity index (χ2v) is 4.39. The van der Waals surface area contributed by atoms with Crippen LogP contribution in [0.25, 0.3) is 0 Å². The highest BCUT2D eigenvalue weighted by molar-refractivity contribution is 5.92. The maximum Gasteiger partial charge on any atom is 0.292 e. The van der Waals surface area contributed by atoms with Crippen molar-refractivity contribution in [3.8, 4) is 0 Å². The number of amides is 1. The number of rotatable bonds is 6. The van der Waals surface area contributed by atoms with Gasteiger partial charge in [0.2, 0.25) is 0 Å². The summed E-state index contributed by atoms with van der Waals surface area (Å²) in [6, 6.07) is 8.00. The molecule has 0 unspecified atom stereocenters. The van der Waals surface area contributed by atoms with Crippen LogP contribution < -0.4 is 10.6 Å². The van der Waals surface area contributed by atoms with Crippen molar-refractivity contribution in [1.29, 1.82) is 0 Å². The van der Waals surface area contributed by atoms with Gasteiger partial charge in [0.1, 0.15) is 11.4 Å². The van der Waals surface area contributed by atoms with Crippen molar-refractivity contribution in [2.45, 2.75) is 6.92 Å². The molecule has 0 radical (unpaired) electrons. The van der Waals surface area contributed by atoms with E-state index in [2.05, 4.69) is 20.8 Å². The van der Waals surface area contributed by atoms with Crippen molar-refractivity contribution >= 4 is 17.3 Å². The molecule has 1 heterocycles. The van der Waals surface area contributed by atoms with Gasteiger partial charge in [0.05, 0.1) is 4.92 Å². The lowest BCUT2D eigenvalue weighted by Gasteiger charge is -2.07. The van der Waals surface area contributed by atoms with E-state index in [9.17, 15) is 14.9 Å². The van der Waals surface area contributed by atoms with E-state index in [1.165, 1.54) is 6.07 Å².